The summed E-state index contributed by atoms with van der Waals surface area (Å²) in [5.41, 5.74) is 0. The lowest BCUT2D eigenvalue weighted by atomic mass is 10.0. The van der Waals surface area contributed by atoms with Gasteiger partial charge < -0.3 is 20.4 Å². The van der Waals surface area contributed by atoms with Crippen LogP contribution in [0.1, 0.15) is 0 Å². The molecule has 0 fully saturated rings. The molecule has 6 nitrogen and oxygen atoms in total. The van der Waals surface area contributed by atoms with Crippen LogP contribution in [-0.4, -0.2) is 45.1 Å². The summed E-state index contributed by atoms with van der Waals surface area (Å²) in [6.45, 7) is -0.886. The third-order valence-electron chi connectivity index (χ3n) is 1.10. The minimum absolute atomic E-state index is 0.886. The third kappa shape index (κ3) is 2.52. The van der Waals surface area contributed by atoms with E-state index < -0.39 is 30.6 Å². The zero-order chi connectivity index (χ0) is 9.02. The molecule has 64 valence electrons. The molecular weight excluding hydrogens is 156 g/mol. The highest BCUT2D eigenvalue weighted by molar-refractivity contribution is 5.93. The van der Waals surface area contributed by atoms with Gasteiger partial charge in [0.25, 0.3) is 0 Å². The van der Waals surface area contributed by atoms with Gasteiger partial charge in [-0.3, -0.25) is 9.59 Å². The van der Waals surface area contributed by atoms with Gasteiger partial charge in [0.1, 0.15) is 6.10 Å². The predicted octanol–water partition coefficient (Wildman–Crippen LogP) is -1.87. The average molecular weight is 164 g/mol. The van der Waals surface area contributed by atoms with Crippen LogP contribution in [0.5, 0.6) is 0 Å². The Morgan fingerprint density at radius 3 is 1.64 bits per heavy atom. The molecule has 6 heteroatoms. The van der Waals surface area contributed by atoms with E-state index in [1.807, 2.05) is 0 Å². The van der Waals surface area contributed by atoms with Gasteiger partial charge in [-0.1, -0.05) is 0 Å². The Labute approximate surface area is 61.7 Å². The molecule has 0 aromatic carbocycles. The number of hydrogen-bond acceptors (Lipinski definition) is 4. The molecule has 0 saturated carbocycles. The van der Waals surface area contributed by atoms with E-state index in [2.05, 4.69) is 0 Å². The molecule has 0 aliphatic heterocycles. The van der Waals surface area contributed by atoms with Crippen molar-refractivity contribution in [2.75, 3.05) is 6.61 Å². The summed E-state index contributed by atoms with van der Waals surface area (Å²) < 4.78 is 0. The normalized spacial score (nSPS) is 13.0. The van der Waals surface area contributed by atoms with Crippen molar-refractivity contribution in [2.24, 2.45) is 5.92 Å². The molecule has 0 amide bonds. The van der Waals surface area contributed by atoms with Gasteiger partial charge in [0.05, 0.1) is 6.61 Å². The van der Waals surface area contributed by atoms with Gasteiger partial charge in [-0.2, -0.15) is 0 Å². The second kappa shape index (κ2) is 3.89. The zero-order valence-corrected chi connectivity index (χ0v) is 5.47. The van der Waals surface area contributed by atoms with E-state index in [0.717, 1.165) is 0 Å². The van der Waals surface area contributed by atoms with E-state index in [4.69, 9.17) is 20.4 Å². The van der Waals surface area contributed by atoms with Crippen molar-refractivity contribution in [3.63, 3.8) is 0 Å². The summed E-state index contributed by atoms with van der Waals surface area (Å²) >= 11 is 0. The maximum absolute atomic E-state index is 10.1. The highest BCUT2D eigenvalue weighted by Crippen LogP contribution is 2.03. The molecule has 11 heavy (non-hydrogen) atoms. The fourth-order valence-corrected chi connectivity index (χ4v) is 0.540. The first-order valence-electron chi connectivity index (χ1n) is 2.75. The molecule has 0 aromatic heterocycles. The predicted molar refractivity (Wildman–Crippen MR) is 31.9 cm³/mol. The molecule has 0 bridgehead atoms. The topological polar surface area (TPSA) is 115 Å². The number of carbonyl (C=O) groups is 2. The Kier molecular flexibility index (Phi) is 3.49. The van der Waals surface area contributed by atoms with Crippen molar-refractivity contribution in [2.45, 2.75) is 6.10 Å². The van der Waals surface area contributed by atoms with Gasteiger partial charge in [-0.05, 0) is 0 Å². The van der Waals surface area contributed by atoms with Gasteiger partial charge in [0.15, 0.2) is 5.92 Å². The van der Waals surface area contributed by atoms with Gasteiger partial charge in [-0.25, -0.2) is 0 Å². The standard InChI is InChI=1S/C5H8O6/c6-1-2(7)3(4(8)9)5(10)11/h2-3,6-7H,1H2,(H,8,9)(H,10,11). The van der Waals surface area contributed by atoms with Crippen molar-refractivity contribution >= 4 is 11.9 Å². The van der Waals surface area contributed by atoms with Crippen LogP contribution in [0.3, 0.4) is 0 Å². The first-order valence-corrected chi connectivity index (χ1v) is 2.75. The lowest BCUT2D eigenvalue weighted by molar-refractivity contribution is -0.161. The van der Waals surface area contributed by atoms with E-state index in [9.17, 15) is 9.59 Å². The van der Waals surface area contributed by atoms with Gasteiger partial charge >= 0.3 is 11.9 Å². The number of carboxylic acid groups (broad SMARTS) is 2. The van der Waals surface area contributed by atoms with E-state index >= 15 is 0 Å². The molecule has 0 aromatic rings. The number of carboxylic acids is 2. The molecular formula is C5H8O6. The average Bonchev–Trinajstić information content (AvgIpc) is 1.85. The summed E-state index contributed by atoms with van der Waals surface area (Å²) in [5.74, 6) is -5.29. The first kappa shape index (κ1) is 9.86. The second-order valence-corrected chi connectivity index (χ2v) is 1.90. The molecule has 0 heterocycles. The van der Waals surface area contributed by atoms with Gasteiger partial charge in [-0.15, -0.1) is 0 Å². The largest absolute Gasteiger partial charge is 0.481 e. The smallest absolute Gasteiger partial charge is 0.320 e. The molecule has 1 unspecified atom stereocenters. The lowest BCUT2D eigenvalue weighted by Crippen LogP contribution is -2.37. The summed E-state index contributed by atoms with van der Waals surface area (Å²) in [6, 6.07) is 0. The Morgan fingerprint density at radius 2 is 1.55 bits per heavy atom. The van der Waals surface area contributed by atoms with Crippen LogP contribution in [0.2, 0.25) is 0 Å². The Morgan fingerprint density at radius 1 is 1.18 bits per heavy atom. The quantitative estimate of drug-likeness (QED) is 0.361. The van der Waals surface area contributed by atoms with Gasteiger partial charge in [0, 0.05) is 0 Å². The van der Waals surface area contributed by atoms with Crippen LogP contribution in [0.4, 0.5) is 0 Å². The van der Waals surface area contributed by atoms with Crippen molar-refractivity contribution in [3.8, 4) is 0 Å². The molecule has 0 spiro atoms. The van der Waals surface area contributed by atoms with Crippen molar-refractivity contribution in [1.82, 2.24) is 0 Å². The molecule has 1 atom stereocenters. The lowest BCUT2D eigenvalue weighted by Gasteiger charge is -2.11. The van der Waals surface area contributed by atoms with Crippen LogP contribution >= 0.6 is 0 Å². The van der Waals surface area contributed by atoms with E-state index in [1.54, 1.807) is 0 Å². The minimum atomic E-state index is -1.96. The summed E-state index contributed by atoms with van der Waals surface area (Å²) in [6.07, 6.45) is -1.76. The minimum Gasteiger partial charge on any atom is -0.481 e. The van der Waals surface area contributed by atoms with Crippen LogP contribution in [0.25, 0.3) is 0 Å². The molecule has 0 radical (unpaired) electrons. The zero-order valence-electron chi connectivity index (χ0n) is 5.47. The van der Waals surface area contributed by atoms with Crippen LogP contribution in [-0.2, 0) is 9.59 Å². The molecule has 0 saturated heterocycles. The van der Waals surface area contributed by atoms with Crippen molar-refractivity contribution in [1.29, 1.82) is 0 Å². The maximum Gasteiger partial charge on any atom is 0.320 e. The maximum atomic E-state index is 10.1. The number of aliphatic hydroxyl groups is 2. The fourth-order valence-electron chi connectivity index (χ4n) is 0.540. The van der Waals surface area contributed by atoms with E-state index in [0.29, 0.717) is 0 Å². The Balaban J connectivity index is 4.34. The Bertz CT molecular complexity index is 150. The van der Waals surface area contributed by atoms with Crippen LogP contribution in [0.15, 0.2) is 0 Å². The monoisotopic (exact) mass is 164 g/mol. The summed E-state index contributed by atoms with van der Waals surface area (Å²) in [4.78, 5) is 20.2. The molecule has 0 rings (SSSR count). The first-order chi connectivity index (χ1) is 5.00. The number of hydrogen-bond donors (Lipinski definition) is 4. The molecule has 0 aliphatic carbocycles. The van der Waals surface area contributed by atoms with Crippen LogP contribution in [0, 0.1) is 5.92 Å². The summed E-state index contributed by atoms with van der Waals surface area (Å²) in [5, 5.41) is 33.3. The highest BCUT2D eigenvalue weighted by Gasteiger charge is 2.33. The van der Waals surface area contributed by atoms with Crippen molar-refractivity contribution in [3.05, 3.63) is 0 Å². The second-order valence-electron chi connectivity index (χ2n) is 1.90. The number of aliphatic hydroxyl groups excluding tert-OH is 2. The molecule has 4 N–H and O–H groups in total. The van der Waals surface area contributed by atoms with Crippen molar-refractivity contribution < 1.29 is 30.0 Å². The van der Waals surface area contributed by atoms with Gasteiger partial charge in [0.2, 0.25) is 0 Å². The SMILES string of the molecule is O=C(O)C(C(=O)O)C(O)CO. The molecule has 0 aliphatic rings. The van der Waals surface area contributed by atoms with Crippen LogP contribution < -0.4 is 0 Å². The number of aliphatic carboxylic acids is 2. The Hall–Kier alpha value is -1.14. The fraction of sp³-hybridized carbons (Fsp3) is 0.600. The number of rotatable bonds is 4. The third-order valence-corrected chi connectivity index (χ3v) is 1.10. The van der Waals surface area contributed by atoms with E-state index in [-0.39, 0.29) is 0 Å². The van der Waals surface area contributed by atoms with E-state index in [1.165, 1.54) is 0 Å². The summed E-state index contributed by atoms with van der Waals surface area (Å²) in [7, 11) is 0. The highest BCUT2D eigenvalue weighted by atomic mass is 16.4.